The topological polar surface area (TPSA) is 69.7 Å². The van der Waals surface area contributed by atoms with Crippen LogP contribution in [0.4, 0.5) is 4.39 Å². The zero-order valence-electron chi connectivity index (χ0n) is 12.7. The van der Waals surface area contributed by atoms with Crippen LogP contribution in [0, 0.1) is 5.82 Å². The van der Waals surface area contributed by atoms with Crippen molar-refractivity contribution < 1.29 is 17.6 Å². The summed E-state index contributed by atoms with van der Waals surface area (Å²) in [5.74, 6) is -0.793. The third-order valence-corrected chi connectivity index (χ3v) is 6.29. The number of hydrogen-bond donors (Lipinski definition) is 1. The van der Waals surface area contributed by atoms with Gasteiger partial charge in [-0.2, -0.15) is 17.0 Å². The number of nitrogens with zero attached hydrogens (tertiary/aromatic N) is 2. The number of halogens is 1. The van der Waals surface area contributed by atoms with Gasteiger partial charge in [0.15, 0.2) is 0 Å². The highest BCUT2D eigenvalue weighted by Crippen LogP contribution is 2.29. The zero-order valence-corrected chi connectivity index (χ0v) is 13.6. The van der Waals surface area contributed by atoms with Gasteiger partial charge in [-0.1, -0.05) is 18.6 Å². The Bertz CT molecular complexity index is 672. The molecule has 0 spiro atoms. The van der Waals surface area contributed by atoms with Crippen molar-refractivity contribution in [2.75, 3.05) is 26.2 Å². The van der Waals surface area contributed by atoms with Crippen molar-refractivity contribution in [3.8, 4) is 0 Å². The second kappa shape index (κ2) is 6.54. The van der Waals surface area contributed by atoms with Crippen LogP contribution >= 0.6 is 0 Å². The molecule has 2 aliphatic rings. The first-order chi connectivity index (χ1) is 11.0. The van der Waals surface area contributed by atoms with Gasteiger partial charge in [0.25, 0.3) is 10.2 Å². The van der Waals surface area contributed by atoms with Crippen molar-refractivity contribution in [3.05, 3.63) is 35.6 Å². The van der Waals surface area contributed by atoms with Crippen molar-refractivity contribution in [3.63, 3.8) is 0 Å². The normalized spacial score (nSPS) is 24.4. The highest BCUT2D eigenvalue weighted by atomic mass is 32.2. The van der Waals surface area contributed by atoms with Gasteiger partial charge in [0, 0.05) is 26.2 Å². The second-order valence-corrected chi connectivity index (χ2v) is 7.70. The Balaban J connectivity index is 1.94. The molecule has 2 aliphatic heterocycles. The largest absolute Gasteiger partial charge is 0.353 e. The SMILES string of the molecule is O=C1NCCN(S(=O)(=O)N2CCCCC2)C1c1ccc(F)cc1. The van der Waals surface area contributed by atoms with Gasteiger partial charge in [0.1, 0.15) is 11.9 Å². The smallest absolute Gasteiger partial charge is 0.283 e. The first kappa shape index (κ1) is 16.4. The molecule has 126 valence electrons. The highest BCUT2D eigenvalue weighted by molar-refractivity contribution is 7.86. The van der Waals surface area contributed by atoms with E-state index in [1.54, 1.807) is 0 Å². The van der Waals surface area contributed by atoms with Crippen LogP contribution in [-0.4, -0.2) is 49.1 Å². The van der Waals surface area contributed by atoms with Gasteiger partial charge in [-0.25, -0.2) is 4.39 Å². The molecule has 1 aromatic rings. The molecule has 8 heteroatoms. The number of nitrogens with one attached hydrogen (secondary N) is 1. The van der Waals surface area contributed by atoms with Crippen molar-refractivity contribution in [2.24, 2.45) is 0 Å². The number of rotatable bonds is 3. The van der Waals surface area contributed by atoms with Gasteiger partial charge in [0.2, 0.25) is 5.91 Å². The summed E-state index contributed by atoms with van der Waals surface area (Å²) in [5.41, 5.74) is 0.476. The average molecular weight is 341 g/mol. The molecule has 1 atom stereocenters. The Labute approximate surface area is 135 Å². The second-order valence-electron chi connectivity index (χ2n) is 5.82. The summed E-state index contributed by atoms with van der Waals surface area (Å²) in [5, 5.41) is 2.69. The number of hydrogen-bond acceptors (Lipinski definition) is 3. The third-order valence-electron chi connectivity index (χ3n) is 4.29. The van der Waals surface area contributed by atoms with Crippen molar-refractivity contribution in [1.29, 1.82) is 0 Å². The first-order valence-electron chi connectivity index (χ1n) is 7.80. The summed E-state index contributed by atoms with van der Waals surface area (Å²) in [4.78, 5) is 12.3. The molecule has 0 aromatic heterocycles. The fourth-order valence-electron chi connectivity index (χ4n) is 3.10. The highest BCUT2D eigenvalue weighted by Gasteiger charge is 2.41. The quantitative estimate of drug-likeness (QED) is 0.893. The van der Waals surface area contributed by atoms with Crippen molar-refractivity contribution in [2.45, 2.75) is 25.3 Å². The first-order valence-corrected chi connectivity index (χ1v) is 9.20. The molecule has 2 fully saturated rings. The Morgan fingerprint density at radius 1 is 1.04 bits per heavy atom. The Morgan fingerprint density at radius 3 is 2.35 bits per heavy atom. The summed E-state index contributed by atoms with van der Waals surface area (Å²) in [6.45, 7) is 1.46. The van der Waals surface area contributed by atoms with Crippen LogP contribution in [0.5, 0.6) is 0 Å². The van der Waals surface area contributed by atoms with Gasteiger partial charge in [-0.3, -0.25) is 4.79 Å². The predicted octanol–water partition coefficient (Wildman–Crippen LogP) is 1.03. The number of piperazine rings is 1. The number of benzene rings is 1. The fourth-order valence-corrected chi connectivity index (χ4v) is 4.92. The van der Waals surface area contributed by atoms with E-state index >= 15 is 0 Å². The van der Waals surface area contributed by atoms with E-state index < -0.39 is 22.1 Å². The lowest BCUT2D eigenvalue weighted by molar-refractivity contribution is -0.127. The molecule has 2 saturated heterocycles. The Morgan fingerprint density at radius 2 is 1.70 bits per heavy atom. The van der Waals surface area contributed by atoms with Crippen molar-refractivity contribution >= 4 is 16.1 Å². The van der Waals surface area contributed by atoms with E-state index in [2.05, 4.69) is 5.32 Å². The molecule has 1 amide bonds. The Hall–Kier alpha value is -1.51. The van der Waals surface area contributed by atoms with Gasteiger partial charge in [-0.05, 0) is 30.5 Å². The summed E-state index contributed by atoms with van der Waals surface area (Å²) < 4.78 is 41.7. The molecule has 6 nitrogen and oxygen atoms in total. The lowest BCUT2D eigenvalue weighted by Gasteiger charge is -2.38. The summed E-state index contributed by atoms with van der Waals surface area (Å²) >= 11 is 0. The van der Waals surface area contributed by atoms with E-state index in [9.17, 15) is 17.6 Å². The molecule has 0 radical (unpaired) electrons. The minimum Gasteiger partial charge on any atom is -0.353 e. The molecule has 1 unspecified atom stereocenters. The van der Waals surface area contributed by atoms with Gasteiger partial charge in [-0.15, -0.1) is 0 Å². The minimum atomic E-state index is -3.71. The van der Waals surface area contributed by atoms with Gasteiger partial charge >= 0.3 is 0 Å². The standard InChI is InChI=1S/C15H20FN3O3S/c16-13-6-4-12(5-7-13)14-15(20)17-8-11-19(14)23(21,22)18-9-2-1-3-10-18/h4-7,14H,1-3,8-11H2,(H,17,20). The maximum Gasteiger partial charge on any atom is 0.283 e. The molecule has 0 saturated carbocycles. The van der Waals surface area contributed by atoms with Crippen LogP contribution in [0.2, 0.25) is 0 Å². The van der Waals surface area contributed by atoms with Crippen LogP contribution < -0.4 is 5.32 Å². The maximum atomic E-state index is 13.1. The van der Waals surface area contributed by atoms with Crippen LogP contribution in [0.25, 0.3) is 0 Å². The summed E-state index contributed by atoms with van der Waals surface area (Å²) in [6.07, 6.45) is 2.69. The van der Waals surface area contributed by atoms with E-state index in [1.165, 1.54) is 32.9 Å². The molecule has 2 heterocycles. The van der Waals surface area contributed by atoms with Crippen LogP contribution in [-0.2, 0) is 15.0 Å². The minimum absolute atomic E-state index is 0.215. The van der Waals surface area contributed by atoms with Gasteiger partial charge in [0.05, 0.1) is 0 Å². The molecule has 3 rings (SSSR count). The van der Waals surface area contributed by atoms with E-state index in [0.717, 1.165) is 19.3 Å². The lowest BCUT2D eigenvalue weighted by atomic mass is 10.0. The van der Waals surface area contributed by atoms with Gasteiger partial charge < -0.3 is 5.32 Å². The average Bonchev–Trinajstić information content (AvgIpc) is 2.56. The maximum absolute atomic E-state index is 13.1. The van der Waals surface area contributed by atoms with Crippen LogP contribution in [0.15, 0.2) is 24.3 Å². The van der Waals surface area contributed by atoms with E-state index in [1.807, 2.05) is 0 Å². The number of amides is 1. The Kier molecular flexibility index (Phi) is 4.65. The fraction of sp³-hybridized carbons (Fsp3) is 0.533. The molecule has 23 heavy (non-hydrogen) atoms. The molecular weight excluding hydrogens is 321 g/mol. The van der Waals surface area contributed by atoms with Crippen LogP contribution in [0.1, 0.15) is 30.9 Å². The monoisotopic (exact) mass is 341 g/mol. The molecule has 0 bridgehead atoms. The van der Waals surface area contributed by atoms with Crippen LogP contribution in [0.3, 0.4) is 0 Å². The molecular formula is C15H20FN3O3S. The molecule has 1 N–H and O–H groups in total. The zero-order chi connectivity index (χ0) is 16.4. The van der Waals surface area contributed by atoms with E-state index in [4.69, 9.17) is 0 Å². The van der Waals surface area contributed by atoms with E-state index in [0.29, 0.717) is 18.7 Å². The lowest BCUT2D eigenvalue weighted by Crippen LogP contribution is -2.56. The van der Waals surface area contributed by atoms with Crippen molar-refractivity contribution in [1.82, 2.24) is 13.9 Å². The number of piperidine rings is 1. The predicted molar refractivity (Wildman–Crippen MR) is 83.2 cm³/mol. The third kappa shape index (κ3) is 3.24. The summed E-state index contributed by atoms with van der Waals surface area (Å²) in [7, 11) is -3.71. The molecule has 1 aromatic carbocycles. The summed E-state index contributed by atoms with van der Waals surface area (Å²) in [6, 6.07) is 4.45. The molecule has 0 aliphatic carbocycles. The van der Waals surface area contributed by atoms with E-state index in [-0.39, 0.29) is 19.0 Å². The number of carbonyl (C=O) groups is 1. The number of carbonyl (C=O) groups excluding carboxylic acids is 1.